The Morgan fingerprint density at radius 3 is 2.35 bits per heavy atom. The molecule has 0 aliphatic carbocycles. The second-order valence-corrected chi connectivity index (χ2v) is 13.1. The fourth-order valence-corrected chi connectivity index (χ4v) is 7.53. The third kappa shape index (κ3) is 6.48. The highest BCUT2D eigenvalue weighted by Gasteiger charge is 2.37. The number of amides is 1. The van der Waals surface area contributed by atoms with Crippen LogP contribution in [-0.2, 0) is 17.8 Å². The first-order valence-electron chi connectivity index (χ1n) is 15.1. The number of carbonyl (C=O) groups excluding carboxylic acids is 1. The van der Waals surface area contributed by atoms with E-state index in [0.29, 0.717) is 27.3 Å². The van der Waals surface area contributed by atoms with Crippen molar-refractivity contribution in [2.24, 2.45) is 5.92 Å². The monoisotopic (exact) mass is 610 g/mol. The second kappa shape index (κ2) is 13.7. The number of piperidine rings is 1. The number of nitriles is 1. The van der Waals surface area contributed by atoms with Crippen LogP contribution >= 0.6 is 24.0 Å². The zero-order valence-corrected chi connectivity index (χ0v) is 26.7. The lowest BCUT2D eigenvalue weighted by atomic mass is 9.90. The Morgan fingerprint density at radius 2 is 1.72 bits per heavy atom. The highest BCUT2D eigenvalue weighted by molar-refractivity contribution is 8.26. The number of thiocarbonyl (C=S) groups is 1. The first-order valence-corrected chi connectivity index (χ1v) is 16.3. The van der Waals surface area contributed by atoms with Gasteiger partial charge < -0.3 is 4.90 Å². The zero-order chi connectivity index (χ0) is 30.5. The molecular formula is C35H38N4O2S2. The molecule has 222 valence electrons. The van der Waals surface area contributed by atoms with Gasteiger partial charge in [-0.05, 0) is 68.2 Å². The van der Waals surface area contributed by atoms with Gasteiger partial charge in [0.25, 0.3) is 11.5 Å². The van der Waals surface area contributed by atoms with Crippen molar-refractivity contribution in [1.82, 2.24) is 9.47 Å². The van der Waals surface area contributed by atoms with Crippen LogP contribution < -0.4 is 10.5 Å². The number of benzene rings is 2. The third-order valence-electron chi connectivity index (χ3n) is 8.63. The minimum Gasteiger partial charge on any atom is -0.357 e. The molecule has 2 saturated heterocycles. The van der Waals surface area contributed by atoms with Gasteiger partial charge in [0.2, 0.25) is 0 Å². The van der Waals surface area contributed by atoms with Crippen molar-refractivity contribution < 1.29 is 4.79 Å². The van der Waals surface area contributed by atoms with Crippen LogP contribution in [0, 0.1) is 24.2 Å². The van der Waals surface area contributed by atoms with Crippen molar-refractivity contribution in [1.29, 1.82) is 5.26 Å². The van der Waals surface area contributed by atoms with E-state index in [1.165, 1.54) is 17.3 Å². The van der Waals surface area contributed by atoms with Crippen molar-refractivity contribution >= 4 is 46.1 Å². The van der Waals surface area contributed by atoms with E-state index >= 15 is 0 Å². The van der Waals surface area contributed by atoms with Gasteiger partial charge in [0.1, 0.15) is 21.8 Å². The zero-order valence-electron chi connectivity index (χ0n) is 25.1. The Balaban J connectivity index is 1.53. The first-order chi connectivity index (χ1) is 20.8. The summed E-state index contributed by atoms with van der Waals surface area (Å²) >= 11 is 6.99. The fourth-order valence-electron chi connectivity index (χ4n) is 6.13. The van der Waals surface area contributed by atoms with Crippen LogP contribution in [0.2, 0.25) is 0 Å². The quantitative estimate of drug-likeness (QED) is 0.188. The molecule has 1 atom stereocenters. The minimum absolute atomic E-state index is 0.137. The largest absolute Gasteiger partial charge is 0.357 e. The molecule has 43 heavy (non-hydrogen) atoms. The topological polar surface area (TPSA) is 69.3 Å². The number of nitrogens with zero attached hydrogens (tertiary/aromatic N) is 4. The maximum absolute atomic E-state index is 13.8. The number of aromatic nitrogens is 1. The highest BCUT2D eigenvalue weighted by Crippen LogP contribution is 2.40. The second-order valence-electron chi connectivity index (χ2n) is 11.4. The SMILES string of the molecule is CCCCn1c(N2CCC(Cc3ccccc3)CC2)c(/C=C2\SC(=S)N(C(C)c3ccccc3)C2=O)c(C)c(C#N)c1=O. The lowest BCUT2D eigenvalue weighted by Gasteiger charge is -2.36. The predicted octanol–water partition coefficient (Wildman–Crippen LogP) is 7.25. The van der Waals surface area contributed by atoms with Gasteiger partial charge in [-0.2, -0.15) is 5.26 Å². The summed E-state index contributed by atoms with van der Waals surface area (Å²) in [7, 11) is 0. The molecule has 0 spiro atoms. The van der Waals surface area contributed by atoms with Crippen LogP contribution in [0.1, 0.15) is 73.4 Å². The summed E-state index contributed by atoms with van der Waals surface area (Å²) in [6, 6.07) is 22.4. The van der Waals surface area contributed by atoms with Gasteiger partial charge >= 0.3 is 0 Å². The Morgan fingerprint density at radius 1 is 1.07 bits per heavy atom. The molecule has 1 amide bonds. The van der Waals surface area contributed by atoms with Crippen molar-refractivity contribution in [3.05, 3.63) is 104 Å². The normalized spacial score (nSPS) is 17.5. The van der Waals surface area contributed by atoms with E-state index in [4.69, 9.17) is 12.2 Å². The number of hydrogen-bond acceptors (Lipinski definition) is 6. The van der Waals surface area contributed by atoms with E-state index < -0.39 is 0 Å². The Bertz CT molecular complexity index is 1620. The van der Waals surface area contributed by atoms with Crippen LogP contribution in [0.15, 0.2) is 70.4 Å². The van der Waals surface area contributed by atoms with Crippen LogP contribution in [-0.4, -0.2) is 32.8 Å². The summed E-state index contributed by atoms with van der Waals surface area (Å²) in [5, 5.41) is 10.0. The Hall–Kier alpha value is -3.67. The van der Waals surface area contributed by atoms with E-state index in [0.717, 1.165) is 62.1 Å². The minimum atomic E-state index is -0.253. The summed E-state index contributed by atoms with van der Waals surface area (Å²) in [4.78, 5) is 32.0. The average molecular weight is 611 g/mol. The van der Waals surface area contributed by atoms with Gasteiger partial charge in [0.05, 0.1) is 10.9 Å². The molecule has 8 heteroatoms. The average Bonchev–Trinajstić information content (AvgIpc) is 3.31. The van der Waals surface area contributed by atoms with Gasteiger partial charge in [-0.1, -0.05) is 98.0 Å². The summed E-state index contributed by atoms with van der Waals surface area (Å²) in [6.45, 7) is 8.05. The molecule has 0 radical (unpaired) electrons. The van der Waals surface area contributed by atoms with Crippen LogP contribution in [0.3, 0.4) is 0 Å². The van der Waals surface area contributed by atoms with Gasteiger partial charge in [-0.15, -0.1) is 0 Å². The molecule has 0 N–H and O–H groups in total. The van der Waals surface area contributed by atoms with Gasteiger partial charge in [-0.3, -0.25) is 19.1 Å². The number of thioether (sulfide) groups is 1. The smallest absolute Gasteiger partial charge is 0.270 e. The summed E-state index contributed by atoms with van der Waals surface area (Å²) in [5.41, 5.74) is 3.62. The van der Waals surface area contributed by atoms with E-state index in [1.807, 2.05) is 56.3 Å². The maximum Gasteiger partial charge on any atom is 0.270 e. The molecule has 2 aromatic carbocycles. The molecule has 2 aliphatic rings. The molecule has 5 rings (SSSR count). The van der Waals surface area contributed by atoms with Crippen molar-refractivity contribution in [3.8, 4) is 6.07 Å². The molecule has 0 bridgehead atoms. The van der Waals surface area contributed by atoms with Crippen molar-refractivity contribution in [3.63, 3.8) is 0 Å². The van der Waals surface area contributed by atoms with Gasteiger partial charge in [0, 0.05) is 25.2 Å². The fraction of sp³-hybridized carbons (Fsp3) is 0.371. The molecule has 3 heterocycles. The molecule has 3 aromatic rings. The Labute approximate surface area is 264 Å². The highest BCUT2D eigenvalue weighted by atomic mass is 32.2. The molecule has 1 unspecified atom stereocenters. The summed E-state index contributed by atoms with van der Waals surface area (Å²) < 4.78 is 2.29. The number of carbonyl (C=O) groups is 1. The molecular weight excluding hydrogens is 573 g/mol. The van der Waals surface area contributed by atoms with E-state index in [-0.39, 0.29) is 23.1 Å². The third-order valence-corrected chi connectivity index (χ3v) is 9.96. The van der Waals surface area contributed by atoms with E-state index in [1.54, 1.807) is 9.47 Å². The first kappa shape index (κ1) is 30.8. The molecule has 0 saturated carbocycles. The van der Waals surface area contributed by atoms with Crippen LogP contribution in [0.4, 0.5) is 5.82 Å². The number of rotatable bonds is 9. The summed E-state index contributed by atoms with van der Waals surface area (Å²) in [6.07, 6.45) is 6.67. The number of unbranched alkanes of at least 4 members (excludes halogenated alkanes) is 1. The molecule has 2 fully saturated rings. The number of pyridine rings is 1. The number of hydrogen-bond donors (Lipinski definition) is 0. The predicted molar refractivity (Wildman–Crippen MR) is 180 cm³/mol. The van der Waals surface area contributed by atoms with E-state index in [2.05, 4.69) is 42.2 Å². The maximum atomic E-state index is 13.8. The molecule has 2 aliphatic heterocycles. The van der Waals surface area contributed by atoms with Crippen molar-refractivity contribution in [2.75, 3.05) is 18.0 Å². The van der Waals surface area contributed by atoms with Gasteiger partial charge in [0.15, 0.2) is 0 Å². The van der Waals surface area contributed by atoms with E-state index in [9.17, 15) is 14.9 Å². The van der Waals surface area contributed by atoms with Crippen LogP contribution in [0.5, 0.6) is 0 Å². The summed E-state index contributed by atoms with van der Waals surface area (Å²) in [5.74, 6) is 1.23. The molecule has 1 aromatic heterocycles. The lowest BCUT2D eigenvalue weighted by molar-refractivity contribution is -0.123. The Kier molecular flexibility index (Phi) is 9.84. The standard InChI is InChI=1S/C35H38N4O2S2/c1-4-5-18-38-32(37-19-16-27(17-20-37)21-26-12-8-6-9-13-26)29(24(2)30(23-36)33(38)40)22-31-34(41)39(35(42)43-31)25(3)28-14-10-7-11-15-28/h6-15,22,25,27H,4-5,16-21H2,1-3H3/b31-22-. The molecule has 6 nitrogen and oxygen atoms in total. The van der Waals surface area contributed by atoms with Gasteiger partial charge in [-0.25, -0.2) is 0 Å². The van der Waals surface area contributed by atoms with Crippen LogP contribution in [0.25, 0.3) is 6.08 Å². The number of anilines is 1. The van der Waals surface area contributed by atoms with Crippen molar-refractivity contribution in [2.45, 2.75) is 65.5 Å². The lowest BCUT2D eigenvalue weighted by Crippen LogP contribution is -2.40.